The molecule has 0 unspecified atom stereocenters. The van der Waals surface area contributed by atoms with E-state index in [4.69, 9.17) is 9.47 Å². The molecule has 0 bridgehead atoms. The number of benzene rings is 1. The van der Waals surface area contributed by atoms with Crippen LogP contribution in [0.4, 0.5) is 5.69 Å². The molecule has 2 N–H and O–H groups in total. The molecule has 0 radical (unpaired) electrons. The molecule has 22 heavy (non-hydrogen) atoms. The van der Waals surface area contributed by atoms with Crippen LogP contribution in [0.25, 0.3) is 0 Å². The number of methoxy groups -OCH3 is 1. The van der Waals surface area contributed by atoms with Gasteiger partial charge in [0.1, 0.15) is 11.4 Å². The SMILES string of the molecule is COC1(C(=O)Nc2cccc(OCC(C)C)c2)CCNCC1. The van der Waals surface area contributed by atoms with E-state index in [1.807, 2.05) is 24.3 Å². The Morgan fingerprint density at radius 3 is 2.73 bits per heavy atom. The van der Waals surface area contributed by atoms with Gasteiger partial charge in [-0.2, -0.15) is 0 Å². The van der Waals surface area contributed by atoms with E-state index in [1.54, 1.807) is 7.11 Å². The number of piperidine rings is 1. The van der Waals surface area contributed by atoms with Crippen molar-refractivity contribution in [2.24, 2.45) is 5.92 Å². The van der Waals surface area contributed by atoms with Gasteiger partial charge in [-0.3, -0.25) is 4.79 Å². The fraction of sp³-hybridized carbons (Fsp3) is 0.588. The van der Waals surface area contributed by atoms with E-state index in [0.29, 0.717) is 25.4 Å². The highest BCUT2D eigenvalue weighted by Gasteiger charge is 2.39. The number of hydrogen-bond acceptors (Lipinski definition) is 4. The van der Waals surface area contributed by atoms with Crippen molar-refractivity contribution >= 4 is 11.6 Å². The Balaban J connectivity index is 2.02. The summed E-state index contributed by atoms with van der Waals surface area (Å²) in [4.78, 5) is 12.6. The molecular weight excluding hydrogens is 280 g/mol. The maximum atomic E-state index is 12.6. The van der Waals surface area contributed by atoms with Gasteiger partial charge in [-0.1, -0.05) is 19.9 Å². The van der Waals surface area contributed by atoms with Crippen LogP contribution in [0.15, 0.2) is 24.3 Å². The van der Waals surface area contributed by atoms with Crippen LogP contribution < -0.4 is 15.4 Å². The van der Waals surface area contributed by atoms with E-state index in [2.05, 4.69) is 24.5 Å². The second kappa shape index (κ2) is 7.61. The van der Waals surface area contributed by atoms with Gasteiger partial charge in [-0.25, -0.2) is 0 Å². The first kappa shape index (κ1) is 16.8. The molecule has 1 aromatic carbocycles. The van der Waals surface area contributed by atoms with E-state index < -0.39 is 5.60 Å². The Kier molecular flexibility index (Phi) is 5.80. The molecular formula is C17H26N2O3. The summed E-state index contributed by atoms with van der Waals surface area (Å²) in [7, 11) is 1.60. The van der Waals surface area contributed by atoms with Gasteiger partial charge in [0.05, 0.1) is 6.61 Å². The quantitative estimate of drug-likeness (QED) is 0.847. The third kappa shape index (κ3) is 4.21. The third-order valence-electron chi connectivity index (χ3n) is 3.89. The van der Waals surface area contributed by atoms with Crippen molar-refractivity contribution in [1.82, 2.24) is 5.32 Å². The molecule has 5 heteroatoms. The first-order chi connectivity index (χ1) is 10.6. The molecule has 5 nitrogen and oxygen atoms in total. The van der Waals surface area contributed by atoms with Crippen molar-refractivity contribution in [1.29, 1.82) is 0 Å². The molecule has 0 aliphatic carbocycles. The van der Waals surface area contributed by atoms with Gasteiger partial charge >= 0.3 is 0 Å². The van der Waals surface area contributed by atoms with Crippen LogP contribution in [0, 0.1) is 5.92 Å². The normalized spacial score (nSPS) is 17.3. The molecule has 0 saturated carbocycles. The number of carbonyl (C=O) groups is 1. The van der Waals surface area contributed by atoms with Gasteiger partial charge in [-0.05, 0) is 44.0 Å². The van der Waals surface area contributed by atoms with Crippen LogP contribution in [-0.2, 0) is 9.53 Å². The summed E-state index contributed by atoms with van der Waals surface area (Å²) in [5.74, 6) is 1.14. The lowest BCUT2D eigenvalue weighted by Gasteiger charge is -2.34. The van der Waals surface area contributed by atoms with Crippen LogP contribution in [0.1, 0.15) is 26.7 Å². The molecule has 1 saturated heterocycles. The smallest absolute Gasteiger partial charge is 0.256 e. The molecule has 1 aromatic rings. The van der Waals surface area contributed by atoms with Crippen LogP contribution in [0.2, 0.25) is 0 Å². The zero-order valence-electron chi connectivity index (χ0n) is 13.6. The largest absolute Gasteiger partial charge is 0.493 e. The van der Waals surface area contributed by atoms with Gasteiger partial charge in [-0.15, -0.1) is 0 Å². The highest BCUT2D eigenvalue weighted by atomic mass is 16.5. The predicted octanol–water partition coefficient (Wildman–Crippen LogP) is 2.43. The van der Waals surface area contributed by atoms with Crippen molar-refractivity contribution in [2.45, 2.75) is 32.3 Å². The zero-order chi connectivity index (χ0) is 16.0. The van der Waals surface area contributed by atoms with E-state index in [-0.39, 0.29) is 5.91 Å². The molecule has 1 fully saturated rings. The average molecular weight is 306 g/mol. The molecule has 122 valence electrons. The lowest BCUT2D eigenvalue weighted by atomic mass is 9.91. The fourth-order valence-electron chi connectivity index (χ4n) is 2.53. The van der Waals surface area contributed by atoms with Gasteiger partial charge in [0.25, 0.3) is 5.91 Å². The highest BCUT2D eigenvalue weighted by molar-refractivity contribution is 5.97. The minimum absolute atomic E-state index is 0.0856. The average Bonchev–Trinajstić information content (AvgIpc) is 2.54. The third-order valence-corrected chi connectivity index (χ3v) is 3.89. The summed E-state index contributed by atoms with van der Waals surface area (Å²) in [6.45, 7) is 6.44. The van der Waals surface area contributed by atoms with E-state index >= 15 is 0 Å². The maximum Gasteiger partial charge on any atom is 0.256 e. The van der Waals surface area contributed by atoms with Crippen molar-refractivity contribution in [3.63, 3.8) is 0 Å². The van der Waals surface area contributed by atoms with Gasteiger partial charge in [0.15, 0.2) is 0 Å². The first-order valence-electron chi connectivity index (χ1n) is 7.86. The molecule has 0 atom stereocenters. The van der Waals surface area contributed by atoms with E-state index in [1.165, 1.54) is 0 Å². The second-order valence-electron chi connectivity index (χ2n) is 6.14. The van der Waals surface area contributed by atoms with Crippen molar-refractivity contribution in [3.05, 3.63) is 24.3 Å². The van der Waals surface area contributed by atoms with Crippen LogP contribution in [0.3, 0.4) is 0 Å². The summed E-state index contributed by atoms with van der Waals surface area (Å²) in [5, 5.41) is 6.21. The molecule has 1 amide bonds. The number of amides is 1. The first-order valence-corrected chi connectivity index (χ1v) is 7.86. The Hall–Kier alpha value is -1.59. The van der Waals surface area contributed by atoms with Gasteiger partial charge in [0, 0.05) is 18.9 Å². The highest BCUT2D eigenvalue weighted by Crippen LogP contribution is 2.25. The molecule has 1 heterocycles. The Labute approximate surface area is 132 Å². The maximum absolute atomic E-state index is 12.6. The molecule has 1 aliphatic heterocycles. The summed E-state index contributed by atoms with van der Waals surface area (Å²) in [6.07, 6.45) is 1.36. The number of rotatable bonds is 6. The van der Waals surface area contributed by atoms with Crippen LogP contribution in [0.5, 0.6) is 5.75 Å². The number of ether oxygens (including phenoxy) is 2. The monoisotopic (exact) mass is 306 g/mol. The van der Waals surface area contributed by atoms with Crippen molar-refractivity contribution in [2.75, 3.05) is 32.1 Å². The molecule has 0 aromatic heterocycles. The molecule has 1 aliphatic rings. The zero-order valence-corrected chi connectivity index (χ0v) is 13.6. The van der Waals surface area contributed by atoms with Crippen molar-refractivity contribution in [3.8, 4) is 5.75 Å². The van der Waals surface area contributed by atoms with E-state index in [9.17, 15) is 4.79 Å². The number of carbonyl (C=O) groups excluding carboxylic acids is 1. The summed E-state index contributed by atoms with van der Waals surface area (Å²) < 4.78 is 11.2. The minimum Gasteiger partial charge on any atom is -0.493 e. The van der Waals surface area contributed by atoms with Gasteiger partial charge in [0.2, 0.25) is 0 Å². The van der Waals surface area contributed by atoms with Crippen molar-refractivity contribution < 1.29 is 14.3 Å². The summed E-state index contributed by atoms with van der Waals surface area (Å²) in [5.41, 5.74) is 0.00117. The lowest BCUT2D eigenvalue weighted by Crippen LogP contribution is -2.51. The molecule has 2 rings (SSSR count). The Morgan fingerprint density at radius 2 is 2.09 bits per heavy atom. The summed E-state index contributed by atoms with van der Waals surface area (Å²) >= 11 is 0. The number of hydrogen-bond donors (Lipinski definition) is 2. The van der Waals surface area contributed by atoms with Crippen LogP contribution in [-0.4, -0.2) is 38.3 Å². The fourth-order valence-corrected chi connectivity index (χ4v) is 2.53. The Bertz CT molecular complexity index is 496. The standard InChI is InChI=1S/C17H26N2O3/c1-13(2)12-22-15-6-4-5-14(11-15)19-16(20)17(21-3)7-9-18-10-8-17/h4-6,11,13,18H,7-10,12H2,1-3H3,(H,19,20). The lowest BCUT2D eigenvalue weighted by molar-refractivity contribution is -0.140. The Morgan fingerprint density at radius 1 is 1.36 bits per heavy atom. The molecule has 0 spiro atoms. The summed E-state index contributed by atoms with van der Waals surface area (Å²) in [6, 6.07) is 7.50. The number of nitrogens with one attached hydrogen (secondary N) is 2. The topological polar surface area (TPSA) is 59.6 Å². The number of anilines is 1. The van der Waals surface area contributed by atoms with E-state index in [0.717, 1.165) is 24.5 Å². The van der Waals surface area contributed by atoms with Gasteiger partial charge < -0.3 is 20.1 Å². The van der Waals surface area contributed by atoms with Crippen LogP contribution >= 0.6 is 0 Å². The second-order valence-corrected chi connectivity index (χ2v) is 6.14. The predicted molar refractivity (Wildman–Crippen MR) is 87.2 cm³/mol. The minimum atomic E-state index is -0.736.